The van der Waals surface area contributed by atoms with Gasteiger partial charge in [0.05, 0.1) is 27.9 Å². The Kier molecular flexibility index (Phi) is 6.27. The lowest BCUT2D eigenvalue weighted by molar-refractivity contribution is -0.116. The number of nitrogens with one attached hydrogen (secondary N) is 1. The summed E-state index contributed by atoms with van der Waals surface area (Å²) in [6.07, 6.45) is 1.68. The number of piperidine rings is 1. The standard InChI is InChI=1S/C21H23ClN4O4S/c1-3-11-9-15(23-18(11)22)19(27)24-13-7-8-26(10-16(13)30-2)21-25-14-6-4-5-12(20(28)29)17(14)31-21/h4-6,13,16H,3,7-10H2,1-2H3,(H,24,27)(H,28,29)/t13-,16+/m1/s1. The van der Waals surface area contributed by atoms with Gasteiger partial charge in [0, 0.05) is 26.6 Å². The summed E-state index contributed by atoms with van der Waals surface area (Å²) in [5, 5.41) is 13.6. The molecule has 1 fully saturated rings. The average molecular weight is 463 g/mol. The van der Waals surface area contributed by atoms with Gasteiger partial charge in [0.25, 0.3) is 5.91 Å². The van der Waals surface area contributed by atoms with E-state index in [1.807, 2.05) is 13.0 Å². The van der Waals surface area contributed by atoms with Gasteiger partial charge in [0.1, 0.15) is 10.9 Å². The molecule has 3 heterocycles. The fraction of sp³-hybridized carbons (Fsp3) is 0.429. The van der Waals surface area contributed by atoms with E-state index in [2.05, 4.69) is 20.2 Å². The van der Waals surface area contributed by atoms with Crippen molar-refractivity contribution in [3.8, 4) is 0 Å². The molecule has 8 nitrogen and oxygen atoms in total. The van der Waals surface area contributed by atoms with Crippen molar-refractivity contribution < 1.29 is 19.4 Å². The number of methoxy groups -OCH3 is 1. The molecule has 0 saturated carbocycles. The molecule has 2 atom stereocenters. The highest BCUT2D eigenvalue weighted by molar-refractivity contribution is 7.22. The molecule has 0 bridgehead atoms. The minimum atomic E-state index is -0.965. The Morgan fingerprint density at radius 3 is 2.90 bits per heavy atom. The summed E-state index contributed by atoms with van der Waals surface area (Å²) < 4.78 is 6.33. The van der Waals surface area contributed by atoms with Crippen molar-refractivity contribution in [3.05, 3.63) is 34.5 Å². The van der Waals surface area contributed by atoms with Crippen molar-refractivity contribution in [2.45, 2.75) is 38.3 Å². The highest BCUT2D eigenvalue weighted by Gasteiger charge is 2.33. The normalized spacial score (nSPS) is 21.5. The van der Waals surface area contributed by atoms with Crippen LogP contribution in [-0.2, 0) is 9.53 Å². The summed E-state index contributed by atoms with van der Waals surface area (Å²) in [4.78, 5) is 35.1. The van der Waals surface area contributed by atoms with Crippen LogP contribution in [0.5, 0.6) is 0 Å². The van der Waals surface area contributed by atoms with Crippen molar-refractivity contribution >= 4 is 55.9 Å². The summed E-state index contributed by atoms with van der Waals surface area (Å²) in [6, 6.07) is 4.94. The molecule has 0 radical (unpaired) electrons. The second-order valence-corrected chi connectivity index (χ2v) is 8.86. The van der Waals surface area contributed by atoms with Crippen molar-refractivity contribution in [1.29, 1.82) is 0 Å². The number of halogens is 1. The molecule has 10 heteroatoms. The molecule has 2 aliphatic heterocycles. The minimum absolute atomic E-state index is 0.162. The van der Waals surface area contributed by atoms with Crippen LogP contribution in [0.25, 0.3) is 10.2 Å². The number of hydrogen-bond acceptors (Lipinski definition) is 7. The molecule has 2 aliphatic rings. The number of benzene rings is 1. The lowest BCUT2D eigenvalue weighted by atomic mass is 10.0. The number of rotatable bonds is 6. The van der Waals surface area contributed by atoms with E-state index in [1.165, 1.54) is 11.3 Å². The molecular weight excluding hydrogens is 440 g/mol. The predicted molar refractivity (Wildman–Crippen MR) is 121 cm³/mol. The number of carbonyl (C=O) groups is 2. The van der Waals surface area contributed by atoms with E-state index in [4.69, 9.17) is 16.3 Å². The van der Waals surface area contributed by atoms with Gasteiger partial charge < -0.3 is 20.1 Å². The number of nitrogens with zero attached hydrogens (tertiary/aromatic N) is 3. The van der Waals surface area contributed by atoms with E-state index in [-0.39, 0.29) is 23.6 Å². The third-order valence-corrected chi connectivity index (χ3v) is 7.19. The molecule has 2 N–H and O–H groups in total. The minimum Gasteiger partial charge on any atom is -0.478 e. The number of amides is 1. The van der Waals surface area contributed by atoms with E-state index < -0.39 is 5.97 Å². The van der Waals surface area contributed by atoms with Crippen LogP contribution in [-0.4, -0.2) is 60.0 Å². The van der Waals surface area contributed by atoms with Crippen LogP contribution in [0, 0.1) is 0 Å². The first-order chi connectivity index (χ1) is 14.9. The van der Waals surface area contributed by atoms with Gasteiger partial charge in [-0.1, -0.05) is 35.9 Å². The van der Waals surface area contributed by atoms with Crippen LogP contribution in [0.3, 0.4) is 0 Å². The molecule has 0 spiro atoms. The number of anilines is 1. The van der Waals surface area contributed by atoms with Gasteiger partial charge in [0.15, 0.2) is 5.13 Å². The van der Waals surface area contributed by atoms with Gasteiger partial charge in [0.2, 0.25) is 0 Å². The SMILES string of the molecule is CCC1=C(Cl)N=C(C(=O)N[C@@H]2CCN(c3nc4cccc(C(=O)O)c4s3)C[C@@H]2OC)C1. The lowest BCUT2D eigenvalue weighted by Crippen LogP contribution is -2.55. The maximum Gasteiger partial charge on any atom is 0.337 e. The number of aromatic nitrogens is 1. The number of fused-ring (bicyclic) bond motifs is 1. The van der Waals surface area contributed by atoms with Gasteiger partial charge in [-0.3, -0.25) is 4.79 Å². The lowest BCUT2D eigenvalue weighted by Gasteiger charge is -2.37. The summed E-state index contributed by atoms with van der Waals surface area (Å²) in [6.45, 7) is 3.19. The second-order valence-electron chi connectivity index (χ2n) is 7.53. The van der Waals surface area contributed by atoms with E-state index >= 15 is 0 Å². The molecule has 0 aliphatic carbocycles. The van der Waals surface area contributed by atoms with Gasteiger partial charge in [-0.15, -0.1) is 0 Å². The van der Waals surface area contributed by atoms with Crippen molar-refractivity contribution in [1.82, 2.24) is 10.3 Å². The quantitative estimate of drug-likeness (QED) is 0.637. The Hall–Kier alpha value is -2.49. The van der Waals surface area contributed by atoms with Crippen LogP contribution >= 0.6 is 22.9 Å². The number of aliphatic imine (C=N–C) groups is 1. The third kappa shape index (κ3) is 4.30. The number of thiazole rings is 1. The van der Waals surface area contributed by atoms with Crippen LogP contribution in [0.1, 0.15) is 36.5 Å². The van der Waals surface area contributed by atoms with E-state index in [0.29, 0.717) is 47.0 Å². The maximum atomic E-state index is 12.7. The molecule has 1 saturated heterocycles. The van der Waals surface area contributed by atoms with Crippen molar-refractivity contribution in [3.63, 3.8) is 0 Å². The zero-order valence-corrected chi connectivity index (χ0v) is 18.8. The Bertz CT molecular complexity index is 1100. The predicted octanol–water partition coefficient (Wildman–Crippen LogP) is 3.41. The summed E-state index contributed by atoms with van der Waals surface area (Å²) in [5.41, 5.74) is 2.33. The molecule has 31 heavy (non-hydrogen) atoms. The average Bonchev–Trinajstić information content (AvgIpc) is 3.36. The van der Waals surface area contributed by atoms with E-state index in [9.17, 15) is 14.7 Å². The van der Waals surface area contributed by atoms with Gasteiger partial charge >= 0.3 is 5.97 Å². The summed E-state index contributed by atoms with van der Waals surface area (Å²) >= 11 is 7.47. The zero-order chi connectivity index (χ0) is 22.1. The van der Waals surface area contributed by atoms with Crippen molar-refractivity contribution in [2.75, 3.05) is 25.1 Å². The van der Waals surface area contributed by atoms with Crippen LogP contribution in [0.4, 0.5) is 5.13 Å². The fourth-order valence-electron chi connectivity index (χ4n) is 3.90. The molecule has 1 amide bonds. The Morgan fingerprint density at radius 2 is 2.23 bits per heavy atom. The molecule has 0 unspecified atom stereocenters. The van der Waals surface area contributed by atoms with E-state index in [0.717, 1.165) is 17.1 Å². The Morgan fingerprint density at radius 1 is 1.42 bits per heavy atom. The second kappa shape index (κ2) is 8.94. The zero-order valence-electron chi connectivity index (χ0n) is 17.2. The fourth-order valence-corrected chi connectivity index (χ4v) is 5.31. The first kappa shape index (κ1) is 21.7. The number of carboxylic acid groups (broad SMARTS) is 1. The van der Waals surface area contributed by atoms with Crippen LogP contribution in [0.15, 0.2) is 33.9 Å². The first-order valence-electron chi connectivity index (χ1n) is 10.1. The third-order valence-electron chi connectivity index (χ3n) is 5.68. The highest BCUT2D eigenvalue weighted by Crippen LogP contribution is 2.33. The van der Waals surface area contributed by atoms with Gasteiger partial charge in [-0.2, -0.15) is 0 Å². The number of carbonyl (C=O) groups excluding carboxylic acids is 1. The molecule has 2 aromatic rings. The van der Waals surface area contributed by atoms with Crippen LogP contribution in [0.2, 0.25) is 0 Å². The summed E-state index contributed by atoms with van der Waals surface area (Å²) in [7, 11) is 1.62. The Balaban J connectivity index is 1.45. The first-order valence-corrected chi connectivity index (χ1v) is 11.3. The van der Waals surface area contributed by atoms with E-state index in [1.54, 1.807) is 19.2 Å². The monoisotopic (exact) mass is 462 g/mol. The molecule has 1 aromatic carbocycles. The Labute approximate surface area is 188 Å². The summed E-state index contributed by atoms with van der Waals surface area (Å²) in [5.74, 6) is -1.18. The van der Waals surface area contributed by atoms with Gasteiger partial charge in [-0.25, -0.2) is 14.8 Å². The number of aromatic carboxylic acids is 1. The van der Waals surface area contributed by atoms with Crippen molar-refractivity contribution in [2.24, 2.45) is 4.99 Å². The van der Waals surface area contributed by atoms with Gasteiger partial charge in [-0.05, 0) is 30.5 Å². The largest absolute Gasteiger partial charge is 0.478 e. The number of ether oxygens (including phenoxy) is 1. The highest BCUT2D eigenvalue weighted by atomic mass is 35.5. The topological polar surface area (TPSA) is 104 Å². The van der Waals surface area contributed by atoms with Crippen LogP contribution < -0.4 is 10.2 Å². The number of carboxylic acids is 1. The number of allylic oxidation sites excluding steroid dienone is 1. The molecule has 164 valence electrons. The maximum absolute atomic E-state index is 12.7. The smallest absolute Gasteiger partial charge is 0.337 e. The molecule has 4 rings (SSSR count). The number of hydrogen-bond donors (Lipinski definition) is 2. The molecular formula is C21H23ClN4O4S. The molecule has 1 aromatic heterocycles.